The molecule has 0 atom stereocenters. The van der Waals surface area contributed by atoms with E-state index in [-0.39, 0.29) is 0 Å². The Hall–Kier alpha value is -1.99. The lowest BCUT2D eigenvalue weighted by atomic mass is 10.2. The predicted molar refractivity (Wildman–Crippen MR) is 77.1 cm³/mol. The normalized spacial score (nSPS) is 16.0. The van der Waals surface area contributed by atoms with Crippen molar-refractivity contribution in [2.45, 2.75) is 6.54 Å². The average Bonchev–Trinajstić information content (AvgIpc) is 3.03. The van der Waals surface area contributed by atoms with Gasteiger partial charge in [-0.15, -0.1) is 5.10 Å². The van der Waals surface area contributed by atoms with Gasteiger partial charge in [0, 0.05) is 37.5 Å². The van der Waals surface area contributed by atoms with Crippen molar-refractivity contribution in [3.63, 3.8) is 0 Å². The second-order valence-electron chi connectivity index (χ2n) is 4.91. The lowest BCUT2D eigenvalue weighted by Crippen LogP contribution is -2.38. The van der Waals surface area contributed by atoms with Gasteiger partial charge in [0.15, 0.2) is 0 Å². The molecule has 0 unspecified atom stereocenters. The topological polar surface area (TPSA) is 65.3 Å². The number of ether oxygens (including phenoxy) is 2. The Morgan fingerprint density at radius 3 is 2.81 bits per heavy atom. The van der Waals surface area contributed by atoms with Crippen LogP contribution in [0.25, 0.3) is 11.3 Å². The van der Waals surface area contributed by atoms with Crippen LogP contribution in [-0.4, -0.2) is 64.8 Å². The summed E-state index contributed by atoms with van der Waals surface area (Å²) in [5, 5.41) is 8.36. The molecular formula is C14H19N5O2. The van der Waals surface area contributed by atoms with Crippen molar-refractivity contribution in [3.8, 4) is 17.1 Å². The highest BCUT2D eigenvalue weighted by Gasteiger charge is 2.11. The van der Waals surface area contributed by atoms with Gasteiger partial charge in [-0.3, -0.25) is 9.58 Å². The van der Waals surface area contributed by atoms with E-state index >= 15 is 0 Å². The molecule has 2 aromatic heterocycles. The SMILES string of the molecule is COc1ccc(-c2cn(CCN3CCOCC3)nn2)cn1. The van der Waals surface area contributed by atoms with Crippen LogP contribution in [0.4, 0.5) is 0 Å². The molecule has 2 aromatic rings. The van der Waals surface area contributed by atoms with E-state index < -0.39 is 0 Å². The number of aromatic nitrogens is 4. The molecule has 0 amide bonds. The fraction of sp³-hybridized carbons (Fsp3) is 0.500. The van der Waals surface area contributed by atoms with Gasteiger partial charge in [0.05, 0.1) is 33.1 Å². The molecule has 3 heterocycles. The third-order valence-electron chi connectivity index (χ3n) is 3.53. The molecule has 0 spiro atoms. The third-order valence-corrected chi connectivity index (χ3v) is 3.53. The number of hydrogen-bond donors (Lipinski definition) is 0. The molecule has 3 rings (SSSR count). The molecule has 21 heavy (non-hydrogen) atoms. The van der Waals surface area contributed by atoms with E-state index in [1.54, 1.807) is 13.3 Å². The van der Waals surface area contributed by atoms with Crippen molar-refractivity contribution < 1.29 is 9.47 Å². The number of pyridine rings is 1. The van der Waals surface area contributed by atoms with Crippen molar-refractivity contribution in [2.24, 2.45) is 0 Å². The summed E-state index contributed by atoms with van der Waals surface area (Å²) in [6.45, 7) is 5.41. The first-order valence-electron chi connectivity index (χ1n) is 7.06. The molecule has 0 radical (unpaired) electrons. The molecule has 0 aliphatic carbocycles. The zero-order chi connectivity index (χ0) is 14.5. The van der Waals surface area contributed by atoms with E-state index in [9.17, 15) is 0 Å². The first-order valence-corrected chi connectivity index (χ1v) is 7.06. The number of hydrogen-bond acceptors (Lipinski definition) is 6. The molecular weight excluding hydrogens is 270 g/mol. The van der Waals surface area contributed by atoms with Gasteiger partial charge in [-0.2, -0.15) is 0 Å². The summed E-state index contributed by atoms with van der Waals surface area (Å²) in [5.74, 6) is 0.596. The molecule has 7 heteroatoms. The van der Waals surface area contributed by atoms with Gasteiger partial charge in [0.1, 0.15) is 5.69 Å². The minimum atomic E-state index is 0.596. The number of nitrogens with zero attached hydrogens (tertiary/aromatic N) is 5. The molecule has 0 aromatic carbocycles. The third kappa shape index (κ3) is 3.56. The van der Waals surface area contributed by atoms with Gasteiger partial charge >= 0.3 is 0 Å². The molecule has 1 aliphatic rings. The standard InChI is InChI=1S/C14H19N5O2/c1-20-14-3-2-12(10-15-14)13-11-19(17-16-13)5-4-18-6-8-21-9-7-18/h2-3,10-11H,4-9H2,1H3. The van der Waals surface area contributed by atoms with Crippen LogP contribution in [0.1, 0.15) is 0 Å². The molecule has 112 valence electrons. The van der Waals surface area contributed by atoms with Crippen molar-refractivity contribution in [2.75, 3.05) is 40.0 Å². The van der Waals surface area contributed by atoms with Gasteiger partial charge in [-0.1, -0.05) is 5.21 Å². The Bertz CT molecular complexity index is 563. The second kappa shape index (κ2) is 6.64. The van der Waals surface area contributed by atoms with Crippen LogP contribution in [0.3, 0.4) is 0 Å². The van der Waals surface area contributed by atoms with Gasteiger partial charge in [0.25, 0.3) is 0 Å². The van der Waals surface area contributed by atoms with Crippen molar-refractivity contribution in [3.05, 3.63) is 24.5 Å². The minimum absolute atomic E-state index is 0.596. The van der Waals surface area contributed by atoms with Crippen LogP contribution in [0.5, 0.6) is 5.88 Å². The maximum absolute atomic E-state index is 5.34. The van der Waals surface area contributed by atoms with E-state index in [0.717, 1.165) is 50.7 Å². The number of rotatable bonds is 5. The quantitative estimate of drug-likeness (QED) is 0.806. The molecule has 0 N–H and O–H groups in total. The van der Waals surface area contributed by atoms with Crippen molar-refractivity contribution in [1.29, 1.82) is 0 Å². The fourth-order valence-electron chi connectivity index (χ4n) is 2.26. The molecule has 1 aliphatic heterocycles. The molecule has 1 fully saturated rings. The zero-order valence-electron chi connectivity index (χ0n) is 12.1. The molecule has 0 saturated carbocycles. The summed E-state index contributed by atoms with van der Waals surface area (Å²) < 4.78 is 12.3. The highest BCUT2D eigenvalue weighted by atomic mass is 16.5. The first-order chi connectivity index (χ1) is 10.3. The molecule has 0 bridgehead atoms. The van der Waals surface area contributed by atoms with Crippen LogP contribution in [0.15, 0.2) is 24.5 Å². The first kappa shape index (κ1) is 14.0. The largest absolute Gasteiger partial charge is 0.481 e. The number of morpholine rings is 1. The van der Waals surface area contributed by atoms with E-state index in [2.05, 4.69) is 20.2 Å². The van der Waals surface area contributed by atoms with Gasteiger partial charge < -0.3 is 9.47 Å². The van der Waals surface area contributed by atoms with Crippen LogP contribution < -0.4 is 4.74 Å². The number of methoxy groups -OCH3 is 1. The summed E-state index contributed by atoms with van der Waals surface area (Å²) in [4.78, 5) is 6.56. The maximum atomic E-state index is 5.34. The Balaban J connectivity index is 1.59. The predicted octanol–water partition coefficient (Wildman–Crippen LogP) is 0.681. The maximum Gasteiger partial charge on any atom is 0.212 e. The highest BCUT2D eigenvalue weighted by Crippen LogP contribution is 2.17. The lowest BCUT2D eigenvalue weighted by molar-refractivity contribution is 0.0359. The summed E-state index contributed by atoms with van der Waals surface area (Å²) in [6, 6.07) is 3.75. The smallest absolute Gasteiger partial charge is 0.212 e. The van der Waals surface area contributed by atoms with E-state index in [0.29, 0.717) is 5.88 Å². The van der Waals surface area contributed by atoms with Crippen LogP contribution >= 0.6 is 0 Å². The molecule has 1 saturated heterocycles. The van der Waals surface area contributed by atoms with Crippen molar-refractivity contribution >= 4 is 0 Å². The van der Waals surface area contributed by atoms with Crippen LogP contribution in [0.2, 0.25) is 0 Å². The van der Waals surface area contributed by atoms with E-state index in [1.165, 1.54) is 0 Å². The van der Waals surface area contributed by atoms with Crippen LogP contribution in [-0.2, 0) is 11.3 Å². The second-order valence-corrected chi connectivity index (χ2v) is 4.91. The monoisotopic (exact) mass is 289 g/mol. The molecule has 7 nitrogen and oxygen atoms in total. The minimum Gasteiger partial charge on any atom is -0.481 e. The lowest BCUT2D eigenvalue weighted by Gasteiger charge is -2.26. The Morgan fingerprint density at radius 1 is 1.24 bits per heavy atom. The van der Waals surface area contributed by atoms with Gasteiger partial charge in [-0.05, 0) is 6.07 Å². The fourth-order valence-corrected chi connectivity index (χ4v) is 2.26. The van der Waals surface area contributed by atoms with Gasteiger partial charge in [-0.25, -0.2) is 4.98 Å². The summed E-state index contributed by atoms with van der Waals surface area (Å²) in [5.41, 5.74) is 1.76. The Labute approximate surface area is 123 Å². The Morgan fingerprint density at radius 2 is 2.10 bits per heavy atom. The van der Waals surface area contributed by atoms with E-state index in [4.69, 9.17) is 9.47 Å². The zero-order valence-corrected chi connectivity index (χ0v) is 12.1. The summed E-state index contributed by atoms with van der Waals surface area (Å²) >= 11 is 0. The highest BCUT2D eigenvalue weighted by molar-refractivity contribution is 5.56. The van der Waals surface area contributed by atoms with E-state index in [1.807, 2.05) is 23.0 Å². The Kier molecular flexibility index (Phi) is 4.42. The van der Waals surface area contributed by atoms with Gasteiger partial charge in [0.2, 0.25) is 5.88 Å². The average molecular weight is 289 g/mol. The summed E-state index contributed by atoms with van der Waals surface area (Å²) in [6.07, 6.45) is 3.69. The summed E-state index contributed by atoms with van der Waals surface area (Å²) in [7, 11) is 1.60. The van der Waals surface area contributed by atoms with Crippen molar-refractivity contribution in [1.82, 2.24) is 24.9 Å². The van der Waals surface area contributed by atoms with Crippen LogP contribution in [0, 0.1) is 0 Å².